The maximum atomic E-state index is 13.1. The molecule has 3 N–H and O–H groups in total. The molecule has 1 unspecified atom stereocenters. The summed E-state index contributed by atoms with van der Waals surface area (Å²) in [5, 5.41) is 15.7. The lowest BCUT2D eigenvalue weighted by Gasteiger charge is -2.32. The van der Waals surface area contributed by atoms with Crippen molar-refractivity contribution in [2.45, 2.75) is 37.8 Å². The molecule has 0 aromatic heterocycles. The molecule has 1 aliphatic heterocycles. The van der Waals surface area contributed by atoms with Crippen molar-refractivity contribution in [3.63, 3.8) is 0 Å². The Morgan fingerprint density at radius 1 is 1.45 bits per heavy atom. The van der Waals surface area contributed by atoms with Gasteiger partial charge in [0.25, 0.3) is 0 Å². The first-order valence-corrected chi connectivity index (χ1v) is 7.56. The highest BCUT2D eigenvalue weighted by molar-refractivity contribution is 5.74. The first kappa shape index (κ1) is 16.7. The van der Waals surface area contributed by atoms with Gasteiger partial charge in [-0.05, 0) is 31.0 Å². The molecule has 1 heterocycles. The van der Waals surface area contributed by atoms with E-state index in [2.05, 4.69) is 10.6 Å². The smallest absolute Gasteiger partial charge is 0.315 e. The van der Waals surface area contributed by atoms with Crippen molar-refractivity contribution in [3.05, 3.63) is 35.6 Å². The van der Waals surface area contributed by atoms with Crippen LogP contribution in [0.25, 0.3) is 0 Å². The van der Waals surface area contributed by atoms with Crippen LogP contribution in [0.4, 0.5) is 9.18 Å². The van der Waals surface area contributed by atoms with Gasteiger partial charge in [0.2, 0.25) is 0 Å². The van der Waals surface area contributed by atoms with Crippen molar-refractivity contribution in [3.8, 4) is 0 Å². The van der Waals surface area contributed by atoms with Gasteiger partial charge in [0.05, 0.1) is 5.60 Å². The molecule has 0 radical (unpaired) electrons. The highest BCUT2D eigenvalue weighted by atomic mass is 19.1. The second-order valence-corrected chi connectivity index (χ2v) is 5.90. The molecule has 1 saturated heterocycles. The lowest BCUT2D eigenvalue weighted by atomic mass is 9.94. The average Bonchev–Trinajstić information content (AvgIpc) is 2.46. The monoisotopic (exact) mass is 310 g/mol. The van der Waals surface area contributed by atoms with E-state index in [1.54, 1.807) is 6.07 Å². The summed E-state index contributed by atoms with van der Waals surface area (Å²) in [6.45, 7) is 3.08. The van der Waals surface area contributed by atoms with Crippen LogP contribution >= 0.6 is 0 Å². The SMILES string of the molecule is CC(Cc1cccc(F)c1)NC(=O)NCC1(O)CCOCC1. The Hall–Kier alpha value is -1.66. The fourth-order valence-corrected chi connectivity index (χ4v) is 2.52. The van der Waals surface area contributed by atoms with E-state index in [1.807, 2.05) is 13.0 Å². The number of hydrogen-bond acceptors (Lipinski definition) is 3. The molecule has 2 amide bonds. The number of rotatable bonds is 5. The highest BCUT2D eigenvalue weighted by Gasteiger charge is 2.30. The molecule has 2 rings (SSSR count). The number of carbonyl (C=O) groups excluding carboxylic acids is 1. The van der Waals surface area contributed by atoms with E-state index < -0.39 is 5.60 Å². The average molecular weight is 310 g/mol. The molecule has 0 bridgehead atoms. The van der Waals surface area contributed by atoms with Crippen LogP contribution < -0.4 is 10.6 Å². The predicted octanol–water partition coefficient (Wildman–Crippen LogP) is 1.60. The van der Waals surface area contributed by atoms with Crippen molar-refractivity contribution < 1.29 is 19.0 Å². The second kappa shape index (κ2) is 7.56. The van der Waals surface area contributed by atoms with Gasteiger partial charge in [0.1, 0.15) is 5.82 Å². The standard InChI is InChI=1S/C16H23FN2O3/c1-12(9-13-3-2-4-14(17)10-13)19-15(20)18-11-16(21)5-7-22-8-6-16/h2-4,10,12,21H,5-9,11H2,1H3,(H2,18,19,20). The molecular weight excluding hydrogens is 287 g/mol. The van der Waals surface area contributed by atoms with Crippen molar-refractivity contribution in [1.29, 1.82) is 0 Å². The number of urea groups is 1. The van der Waals surface area contributed by atoms with Gasteiger partial charge >= 0.3 is 6.03 Å². The Kier molecular flexibility index (Phi) is 5.74. The second-order valence-electron chi connectivity index (χ2n) is 5.90. The van der Waals surface area contributed by atoms with Gasteiger partial charge in [0, 0.05) is 38.6 Å². The van der Waals surface area contributed by atoms with Crippen molar-refractivity contribution in [1.82, 2.24) is 10.6 Å². The Labute approximate surface area is 129 Å². The van der Waals surface area contributed by atoms with Crippen LogP contribution in [0.1, 0.15) is 25.3 Å². The van der Waals surface area contributed by atoms with Crippen LogP contribution in [0, 0.1) is 5.82 Å². The number of halogens is 1. The zero-order valence-electron chi connectivity index (χ0n) is 12.8. The molecule has 5 nitrogen and oxygen atoms in total. The Balaban J connectivity index is 1.74. The molecule has 1 fully saturated rings. The fourth-order valence-electron chi connectivity index (χ4n) is 2.52. The molecule has 6 heteroatoms. The number of ether oxygens (including phenoxy) is 1. The van der Waals surface area contributed by atoms with Gasteiger partial charge in [-0.15, -0.1) is 0 Å². The summed E-state index contributed by atoms with van der Waals surface area (Å²) in [6.07, 6.45) is 1.58. The van der Waals surface area contributed by atoms with Crippen LogP contribution in [-0.2, 0) is 11.2 Å². The van der Waals surface area contributed by atoms with Gasteiger partial charge in [-0.2, -0.15) is 0 Å². The van der Waals surface area contributed by atoms with E-state index >= 15 is 0 Å². The minimum absolute atomic E-state index is 0.133. The third-order valence-electron chi connectivity index (χ3n) is 3.81. The van der Waals surface area contributed by atoms with Gasteiger partial charge in [-0.1, -0.05) is 12.1 Å². The van der Waals surface area contributed by atoms with E-state index in [-0.39, 0.29) is 24.4 Å². The van der Waals surface area contributed by atoms with Crippen molar-refractivity contribution in [2.75, 3.05) is 19.8 Å². The van der Waals surface area contributed by atoms with E-state index in [1.165, 1.54) is 12.1 Å². The molecule has 1 aliphatic rings. The molecule has 22 heavy (non-hydrogen) atoms. The quantitative estimate of drug-likeness (QED) is 0.773. The zero-order chi connectivity index (χ0) is 16.0. The minimum Gasteiger partial charge on any atom is -0.388 e. The highest BCUT2D eigenvalue weighted by Crippen LogP contribution is 2.19. The Morgan fingerprint density at radius 2 is 2.18 bits per heavy atom. The summed E-state index contributed by atoms with van der Waals surface area (Å²) in [7, 11) is 0. The van der Waals surface area contributed by atoms with Gasteiger partial charge in [0.15, 0.2) is 0 Å². The first-order valence-electron chi connectivity index (χ1n) is 7.56. The summed E-state index contributed by atoms with van der Waals surface area (Å²) in [6, 6.07) is 5.86. The summed E-state index contributed by atoms with van der Waals surface area (Å²) >= 11 is 0. The third-order valence-corrected chi connectivity index (χ3v) is 3.81. The van der Waals surface area contributed by atoms with E-state index in [9.17, 15) is 14.3 Å². The molecule has 0 spiro atoms. The van der Waals surface area contributed by atoms with Crippen LogP contribution in [0.2, 0.25) is 0 Å². The van der Waals surface area contributed by atoms with Crippen LogP contribution in [-0.4, -0.2) is 42.5 Å². The number of amides is 2. The van der Waals surface area contributed by atoms with E-state index in [4.69, 9.17) is 4.74 Å². The van der Waals surface area contributed by atoms with Crippen LogP contribution in [0.5, 0.6) is 0 Å². The summed E-state index contributed by atoms with van der Waals surface area (Å²) in [5.74, 6) is -0.282. The fraction of sp³-hybridized carbons (Fsp3) is 0.562. The Bertz CT molecular complexity index is 504. The van der Waals surface area contributed by atoms with Crippen molar-refractivity contribution in [2.24, 2.45) is 0 Å². The summed E-state index contributed by atoms with van der Waals surface area (Å²) in [4.78, 5) is 11.9. The molecule has 0 aliphatic carbocycles. The van der Waals surface area contributed by atoms with Crippen LogP contribution in [0.3, 0.4) is 0 Å². The maximum absolute atomic E-state index is 13.1. The molecule has 1 aromatic carbocycles. The predicted molar refractivity (Wildman–Crippen MR) is 81.1 cm³/mol. The molecule has 1 atom stereocenters. The van der Waals surface area contributed by atoms with Crippen molar-refractivity contribution >= 4 is 6.03 Å². The number of carbonyl (C=O) groups is 1. The number of nitrogens with one attached hydrogen (secondary N) is 2. The summed E-state index contributed by atoms with van der Waals surface area (Å²) < 4.78 is 18.3. The normalized spacial score (nSPS) is 18.5. The van der Waals surface area contributed by atoms with Gasteiger partial charge in [-0.3, -0.25) is 0 Å². The lowest BCUT2D eigenvalue weighted by Crippen LogP contribution is -2.50. The third kappa shape index (κ3) is 5.27. The van der Waals surface area contributed by atoms with E-state index in [0.717, 1.165) is 5.56 Å². The van der Waals surface area contributed by atoms with Gasteiger partial charge in [-0.25, -0.2) is 9.18 Å². The first-order chi connectivity index (χ1) is 10.5. The molecule has 122 valence electrons. The van der Waals surface area contributed by atoms with E-state index in [0.29, 0.717) is 32.5 Å². The molecule has 1 aromatic rings. The Morgan fingerprint density at radius 3 is 2.86 bits per heavy atom. The largest absolute Gasteiger partial charge is 0.388 e. The van der Waals surface area contributed by atoms with Gasteiger partial charge < -0.3 is 20.5 Å². The van der Waals surface area contributed by atoms with Crippen LogP contribution in [0.15, 0.2) is 24.3 Å². The molecule has 0 saturated carbocycles. The molecular formula is C16H23FN2O3. The topological polar surface area (TPSA) is 70.6 Å². The minimum atomic E-state index is -0.888. The number of hydrogen-bond donors (Lipinski definition) is 3. The summed E-state index contributed by atoms with van der Waals surface area (Å²) in [5.41, 5.74) is -0.0580. The maximum Gasteiger partial charge on any atom is 0.315 e. The number of aliphatic hydroxyl groups is 1. The lowest BCUT2D eigenvalue weighted by molar-refractivity contribution is -0.0600. The number of benzene rings is 1. The zero-order valence-corrected chi connectivity index (χ0v) is 12.8.